The van der Waals surface area contributed by atoms with Gasteiger partial charge in [-0.15, -0.1) is 0 Å². The number of amides is 2. The molecule has 0 bridgehead atoms. The van der Waals surface area contributed by atoms with Gasteiger partial charge in [-0.2, -0.15) is 0 Å². The SMILES string of the molecule is CC(=O)NCC1CN(c2ccc(N3CC4CCCN(CCO)[C@H]4C3)c(F)c2)C(=O)O1. The minimum Gasteiger partial charge on any atom is -0.442 e. The van der Waals surface area contributed by atoms with E-state index in [0.717, 1.165) is 32.5 Å². The maximum atomic E-state index is 15.0. The molecule has 3 aliphatic rings. The molecule has 3 heterocycles. The minimum atomic E-state index is -0.538. The van der Waals surface area contributed by atoms with Crippen molar-refractivity contribution in [3.05, 3.63) is 24.0 Å². The third kappa shape index (κ3) is 4.22. The van der Waals surface area contributed by atoms with E-state index in [1.54, 1.807) is 12.1 Å². The van der Waals surface area contributed by atoms with Crippen molar-refractivity contribution < 1.29 is 23.8 Å². The first kappa shape index (κ1) is 20.9. The van der Waals surface area contributed by atoms with Gasteiger partial charge in [0, 0.05) is 32.6 Å². The monoisotopic (exact) mass is 420 g/mol. The molecule has 0 aromatic heterocycles. The summed E-state index contributed by atoms with van der Waals surface area (Å²) in [6.07, 6.45) is 1.23. The lowest BCUT2D eigenvalue weighted by molar-refractivity contribution is -0.119. The molecule has 1 aromatic rings. The molecule has 2 amide bonds. The number of piperidine rings is 1. The summed E-state index contributed by atoms with van der Waals surface area (Å²) in [6.45, 7) is 5.22. The lowest BCUT2D eigenvalue weighted by Gasteiger charge is -2.36. The second-order valence-corrected chi connectivity index (χ2v) is 8.32. The lowest BCUT2D eigenvalue weighted by atomic mass is 9.92. The quantitative estimate of drug-likeness (QED) is 0.719. The summed E-state index contributed by atoms with van der Waals surface area (Å²) in [6, 6.07) is 5.19. The molecule has 0 spiro atoms. The van der Waals surface area contributed by atoms with Crippen molar-refractivity contribution in [1.82, 2.24) is 10.2 Å². The number of anilines is 2. The Morgan fingerprint density at radius 2 is 2.17 bits per heavy atom. The van der Waals surface area contributed by atoms with Crippen molar-refractivity contribution in [2.75, 3.05) is 55.7 Å². The highest BCUT2D eigenvalue weighted by Crippen LogP contribution is 2.35. The summed E-state index contributed by atoms with van der Waals surface area (Å²) in [5.74, 6) is -0.0749. The lowest BCUT2D eigenvalue weighted by Crippen LogP contribution is -2.46. The van der Waals surface area contributed by atoms with Crippen LogP contribution in [0.3, 0.4) is 0 Å². The van der Waals surface area contributed by atoms with Gasteiger partial charge >= 0.3 is 6.09 Å². The molecule has 30 heavy (non-hydrogen) atoms. The predicted octanol–water partition coefficient (Wildman–Crippen LogP) is 1.18. The number of likely N-dealkylation sites (tertiary alicyclic amines) is 1. The van der Waals surface area contributed by atoms with Crippen LogP contribution in [0.15, 0.2) is 18.2 Å². The number of halogens is 1. The fourth-order valence-electron chi connectivity index (χ4n) is 4.89. The van der Waals surface area contributed by atoms with Gasteiger partial charge < -0.3 is 20.1 Å². The van der Waals surface area contributed by atoms with Crippen LogP contribution >= 0.6 is 0 Å². The van der Waals surface area contributed by atoms with Crippen molar-refractivity contribution in [3.63, 3.8) is 0 Å². The Kier molecular flexibility index (Phi) is 6.10. The number of fused-ring (bicyclic) bond motifs is 1. The Morgan fingerprint density at radius 1 is 1.33 bits per heavy atom. The van der Waals surface area contributed by atoms with Gasteiger partial charge in [-0.1, -0.05) is 0 Å². The van der Waals surface area contributed by atoms with E-state index in [1.807, 2.05) is 0 Å². The number of ether oxygens (including phenoxy) is 1. The highest BCUT2D eigenvalue weighted by molar-refractivity contribution is 5.90. The van der Waals surface area contributed by atoms with Gasteiger partial charge in [-0.25, -0.2) is 9.18 Å². The normalized spacial score (nSPS) is 26.6. The number of β-amino-alcohol motifs (C(OH)–C–C–N with tert-alkyl or cyclic N) is 1. The number of nitrogens with one attached hydrogen (secondary N) is 1. The molecule has 2 unspecified atom stereocenters. The molecule has 3 aliphatic heterocycles. The molecule has 0 radical (unpaired) electrons. The Bertz CT molecular complexity index is 805. The molecule has 3 saturated heterocycles. The van der Waals surface area contributed by atoms with Gasteiger partial charge in [0.2, 0.25) is 5.91 Å². The summed E-state index contributed by atoms with van der Waals surface area (Å²) in [7, 11) is 0. The Hall–Kier alpha value is -2.39. The predicted molar refractivity (Wildman–Crippen MR) is 110 cm³/mol. The van der Waals surface area contributed by atoms with Crippen LogP contribution in [0, 0.1) is 11.7 Å². The number of hydrogen-bond donors (Lipinski definition) is 2. The van der Waals surface area contributed by atoms with Crippen LogP contribution in [-0.4, -0.2) is 80.0 Å². The molecule has 0 aliphatic carbocycles. The average molecular weight is 420 g/mol. The number of aliphatic hydroxyl groups is 1. The van der Waals surface area contributed by atoms with Crippen molar-refractivity contribution in [3.8, 4) is 0 Å². The van der Waals surface area contributed by atoms with Gasteiger partial charge in [-0.05, 0) is 43.5 Å². The van der Waals surface area contributed by atoms with E-state index in [2.05, 4.69) is 15.1 Å². The van der Waals surface area contributed by atoms with E-state index in [-0.39, 0.29) is 31.4 Å². The number of nitrogens with zero attached hydrogens (tertiary/aromatic N) is 3. The zero-order chi connectivity index (χ0) is 21.3. The smallest absolute Gasteiger partial charge is 0.414 e. The van der Waals surface area contributed by atoms with E-state index in [0.29, 0.717) is 29.9 Å². The van der Waals surface area contributed by atoms with E-state index in [1.165, 1.54) is 17.9 Å². The summed E-state index contributed by atoms with van der Waals surface area (Å²) in [5.41, 5.74) is 0.990. The third-order valence-electron chi connectivity index (χ3n) is 6.32. The minimum absolute atomic E-state index is 0.140. The van der Waals surface area contributed by atoms with Crippen LogP contribution in [0.25, 0.3) is 0 Å². The van der Waals surface area contributed by atoms with Crippen LogP contribution in [0.2, 0.25) is 0 Å². The molecule has 4 rings (SSSR count). The maximum absolute atomic E-state index is 15.0. The summed E-state index contributed by atoms with van der Waals surface area (Å²) >= 11 is 0. The molecule has 2 N–H and O–H groups in total. The topological polar surface area (TPSA) is 85.4 Å². The van der Waals surface area contributed by atoms with Crippen molar-refractivity contribution in [1.29, 1.82) is 0 Å². The number of hydrogen-bond acceptors (Lipinski definition) is 6. The summed E-state index contributed by atoms with van der Waals surface area (Å²) in [5, 5.41) is 12.0. The first-order valence-corrected chi connectivity index (χ1v) is 10.6. The highest BCUT2D eigenvalue weighted by Gasteiger charge is 2.39. The van der Waals surface area contributed by atoms with Crippen molar-refractivity contribution in [2.24, 2.45) is 5.92 Å². The maximum Gasteiger partial charge on any atom is 0.414 e. The van der Waals surface area contributed by atoms with Crippen LogP contribution in [0.1, 0.15) is 19.8 Å². The second-order valence-electron chi connectivity index (χ2n) is 8.32. The van der Waals surface area contributed by atoms with Gasteiger partial charge in [0.25, 0.3) is 0 Å². The molecule has 3 atom stereocenters. The fraction of sp³-hybridized carbons (Fsp3) is 0.619. The molecular formula is C21H29FN4O4. The first-order valence-electron chi connectivity index (χ1n) is 10.6. The van der Waals surface area contributed by atoms with E-state index < -0.39 is 12.2 Å². The van der Waals surface area contributed by atoms with E-state index in [9.17, 15) is 14.7 Å². The molecular weight excluding hydrogens is 391 g/mol. The van der Waals surface area contributed by atoms with E-state index in [4.69, 9.17) is 4.74 Å². The third-order valence-corrected chi connectivity index (χ3v) is 6.32. The molecule has 3 fully saturated rings. The number of aliphatic hydroxyl groups excluding tert-OH is 1. The van der Waals surface area contributed by atoms with Crippen molar-refractivity contribution >= 4 is 23.4 Å². The van der Waals surface area contributed by atoms with Crippen LogP contribution in [-0.2, 0) is 9.53 Å². The van der Waals surface area contributed by atoms with Gasteiger partial charge in [0.1, 0.15) is 11.9 Å². The number of carbonyl (C=O) groups is 2. The summed E-state index contributed by atoms with van der Waals surface area (Å²) in [4.78, 5) is 29.0. The standard InChI is InChI=1S/C21H29FN4O4/c1-14(28)23-10-17-12-26(21(29)30-17)16-4-5-19(18(22)9-16)25-11-15-3-2-6-24(7-8-27)20(15)13-25/h4-5,9,15,17,20,27H,2-3,6-8,10-13H2,1H3,(H,23,28)/t15?,17?,20-/m0/s1. The van der Waals surface area contributed by atoms with Gasteiger partial charge in [0.05, 0.1) is 31.1 Å². The molecule has 0 saturated carbocycles. The van der Waals surface area contributed by atoms with Crippen LogP contribution in [0.4, 0.5) is 20.6 Å². The first-order chi connectivity index (χ1) is 14.5. The molecule has 8 nitrogen and oxygen atoms in total. The number of cyclic esters (lactones) is 1. The zero-order valence-electron chi connectivity index (χ0n) is 17.2. The van der Waals surface area contributed by atoms with E-state index >= 15 is 4.39 Å². The average Bonchev–Trinajstić information content (AvgIpc) is 3.30. The summed E-state index contributed by atoms with van der Waals surface area (Å²) < 4.78 is 20.3. The largest absolute Gasteiger partial charge is 0.442 e. The molecule has 9 heteroatoms. The Balaban J connectivity index is 1.44. The number of benzene rings is 1. The van der Waals surface area contributed by atoms with Crippen LogP contribution < -0.4 is 15.1 Å². The zero-order valence-corrected chi connectivity index (χ0v) is 17.2. The second kappa shape index (κ2) is 8.77. The highest BCUT2D eigenvalue weighted by atomic mass is 19.1. The number of rotatable bonds is 6. The molecule has 1 aromatic carbocycles. The fourth-order valence-corrected chi connectivity index (χ4v) is 4.89. The number of carbonyl (C=O) groups excluding carboxylic acids is 2. The Morgan fingerprint density at radius 3 is 2.90 bits per heavy atom. The van der Waals surface area contributed by atoms with Gasteiger partial charge in [0.15, 0.2) is 0 Å². The van der Waals surface area contributed by atoms with Gasteiger partial charge in [-0.3, -0.25) is 14.6 Å². The Labute approximate surface area is 175 Å². The van der Waals surface area contributed by atoms with Crippen molar-refractivity contribution in [2.45, 2.75) is 31.9 Å². The molecule has 164 valence electrons. The van der Waals surface area contributed by atoms with Crippen LogP contribution in [0.5, 0.6) is 0 Å².